The van der Waals surface area contributed by atoms with Crippen LogP contribution in [0.25, 0.3) is 0 Å². The largest absolute Gasteiger partial charge is 0.352 e. The molecule has 1 heterocycles. The minimum atomic E-state index is -0.192. The molecule has 17 heavy (non-hydrogen) atoms. The van der Waals surface area contributed by atoms with Gasteiger partial charge in [0, 0.05) is 30.6 Å². The summed E-state index contributed by atoms with van der Waals surface area (Å²) in [6.07, 6.45) is 1.45. The molecule has 3 nitrogen and oxygen atoms in total. The van der Waals surface area contributed by atoms with E-state index in [4.69, 9.17) is 0 Å². The van der Waals surface area contributed by atoms with Crippen LogP contribution in [0.4, 0.5) is 4.39 Å². The van der Waals surface area contributed by atoms with Gasteiger partial charge >= 0.3 is 0 Å². The first-order chi connectivity index (χ1) is 8.16. The zero-order valence-corrected chi connectivity index (χ0v) is 9.87. The first-order valence-electron chi connectivity index (χ1n) is 5.94. The predicted octanol–water partition coefficient (Wildman–Crippen LogP) is 1.75. The minimum absolute atomic E-state index is 0.0475. The van der Waals surface area contributed by atoms with E-state index >= 15 is 0 Å². The number of amides is 1. The van der Waals surface area contributed by atoms with Gasteiger partial charge in [0.05, 0.1) is 0 Å². The summed E-state index contributed by atoms with van der Waals surface area (Å²) in [5.41, 5.74) is 0.664. The van der Waals surface area contributed by atoms with Crippen molar-refractivity contribution in [3.8, 4) is 0 Å². The molecule has 0 spiro atoms. The Morgan fingerprint density at radius 1 is 1.53 bits per heavy atom. The van der Waals surface area contributed by atoms with E-state index in [1.807, 2.05) is 13.0 Å². The molecule has 1 fully saturated rings. The van der Waals surface area contributed by atoms with E-state index in [-0.39, 0.29) is 23.8 Å². The van der Waals surface area contributed by atoms with Gasteiger partial charge in [0.1, 0.15) is 5.82 Å². The molecule has 1 aromatic carbocycles. The molecular weight excluding hydrogens is 219 g/mol. The molecule has 2 N–H and O–H groups in total. The fourth-order valence-corrected chi connectivity index (χ4v) is 2.09. The summed E-state index contributed by atoms with van der Waals surface area (Å²) in [4.78, 5) is 11.0. The average molecular weight is 236 g/mol. The fourth-order valence-electron chi connectivity index (χ4n) is 2.09. The summed E-state index contributed by atoms with van der Waals surface area (Å²) < 4.78 is 13.5. The zero-order valence-electron chi connectivity index (χ0n) is 9.87. The van der Waals surface area contributed by atoms with E-state index in [1.54, 1.807) is 12.1 Å². The summed E-state index contributed by atoms with van der Waals surface area (Å²) in [5.74, 6) is -0.0849. The first kappa shape index (κ1) is 12.0. The van der Waals surface area contributed by atoms with Gasteiger partial charge in [0.2, 0.25) is 5.91 Å². The van der Waals surface area contributed by atoms with Crippen molar-refractivity contribution in [1.29, 1.82) is 0 Å². The van der Waals surface area contributed by atoms with Crippen LogP contribution in [-0.2, 0) is 4.79 Å². The molecule has 1 aromatic rings. The molecule has 0 radical (unpaired) electrons. The van der Waals surface area contributed by atoms with Crippen molar-refractivity contribution in [3.05, 3.63) is 35.6 Å². The molecule has 2 rings (SSSR count). The number of benzene rings is 1. The van der Waals surface area contributed by atoms with Crippen LogP contribution in [0.15, 0.2) is 24.3 Å². The highest BCUT2D eigenvalue weighted by molar-refractivity contribution is 5.78. The van der Waals surface area contributed by atoms with Crippen molar-refractivity contribution in [3.63, 3.8) is 0 Å². The Bertz CT molecular complexity index is 408. The number of halogens is 1. The average Bonchev–Trinajstić information content (AvgIpc) is 2.73. The van der Waals surface area contributed by atoms with Gasteiger partial charge in [-0.2, -0.15) is 0 Å². The topological polar surface area (TPSA) is 41.1 Å². The summed E-state index contributed by atoms with van der Waals surface area (Å²) in [6, 6.07) is 6.88. The normalized spacial score (nSPS) is 21.3. The van der Waals surface area contributed by atoms with Gasteiger partial charge in [-0.1, -0.05) is 18.2 Å². The summed E-state index contributed by atoms with van der Waals surface area (Å²) in [5, 5.41) is 6.13. The third kappa shape index (κ3) is 3.03. The van der Waals surface area contributed by atoms with E-state index in [9.17, 15) is 9.18 Å². The molecule has 1 saturated heterocycles. The predicted molar refractivity (Wildman–Crippen MR) is 64.0 cm³/mol. The number of hydrogen-bond donors (Lipinski definition) is 2. The summed E-state index contributed by atoms with van der Waals surface area (Å²) >= 11 is 0. The fraction of sp³-hybridized carbons (Fsp3) is 0.462. The van der Waals surface area contributed by atoms with Crippen LogP contribution >= 0.6 is 0 Å². The Morgan fingerprint density at radius 2 is 2.29 bits per heavy atom. The van der Waals surface area contributed by atoms with Gasteiger partial charge in [-0.25, -0.2) is 4.39 Å². The Balaban J connectivity index is 1.87. The quantitative estimate of drug-likeness (QED) is 0.836. The summed E-state index contributed by atoms with van der Waals surface area (Å²) in [6.45, 7) is 2.61. The van der Waals surface area contributed by atoms with Crippen LogP contribution in [0.2, 0.25) is 0 Å². The SMILES string of the molecule is CC(NCC1CCC(=O)N1)c1ccccc1F. The minimum Gasteiger partial charge on any atom is -0.352 e. The van der Waals surface area contributed by atoms with Crippen molar-refractivity contribution in [2.45, 2.75) is 31.8 Å². The Hall–Kier alpha value is -1.42. The first-order valence-corrected chi connectivity index (χ1v) is 5.94. The third-order valence-corrected chi connectivity index (χ3v) is 3.13. The molecule has 1 aliphatic rings. The zero-order chi connectivity index (χ0) is 12.3. The van der Waals surface area contributed by atoms with Crippen molar-refractivity contribution in [2.75, 3.05) is 6.54 Å². The molecule has 2 atom stereocenters. The lowest BCUT2D eigenvalue weighted by molar-refractivity contribution is -0.119. The maximum absolute atomic E-state index is 13.5. The molecule has 0 saturated carbocycles. The molecule has 0 bridgehead atoms. The van der Waals surface area contributed by atoms with Crippen molar-refractivity contribution in [2.24, 2.45) is 0 Å². The van der Waals surface area contributed by atoms with E-state index in [0.717, 1.165) is 6.42 Å². The van der Waals surface area contributed by atoms with Gasteiger partial charge in [-0.15, -0.1) is 0 Å². The van der Waals surface area contributed by atoms with E-state index in [0.29, 0.717) is 18.5 Å². The lowest BCUT2D eigenvalue weighted by Gasteiger charge is -2.18. The Kier molecular flexibility index (Phi) is 3.74. The van der Waals surface area contributed by atoms with Gasteiger partial charge in [0.25, 0.3) is 0 Å². The molecule has 1 amide bonds. The van der Waals surface area contributed by atoms with Gasteiger partial charge in [-0.05, 0) is 19.4 Å². The monoisotopic (exact) mass is 236 g/mol. The van der Waals surface area contributed by atoms with Crippen LogP contribution in [0, 0.1) is 5.82 Å². The number of carbonyl (C=O) groups excluding carboxylic acids is 1. The maximum atomic E-state index is 13.5. The molecule has 0 aliphatic carbocycles. The van der Waals surface area contributed by atoms with Crippen LogP contribution in [-0.4, -0.2) is 18.5 Å². The van der Waals surface area contributed by atoms with Gasteiger partial charge in [-0.3, -0.25) is 4.79 Å². The number of carbonyl (C=O) groups is 1. The molecule has 92 valence electrons. The highest BCUT2D eigenvalue weighted by Crippen LogP contribution is 2.16. The second kappa shape index (κ2) is 5.27. The van der Waals surface area contributed by atoms with Crippen LogP contribution in [0.1, 0.15) is 31.4 Å². The number of rotatable bonds is 4. The standard InChI is InChI=1S/C13H17FN2O/c1-9(11-4-2-3-5-12(11)14)15-8-10-6-7-13(17)16-10/h2-5,9-10,15H,6-8H2,1H3,(H,16,17). The molecule has 1 aliphatic heterocycles. The Labute approximate surface area is 100 Å². The van der Waals surface area contributed by atoms with Crippen molar-refractivity contribution in [1.82, 2.24) is 10.6 Å². The highest BCUT2D eigenvalue weighted by atomic mass is 19.1. The van der Waals surface area contributed by atoms with Crippen LogP contribution in [0.3, 0.4) is 0 Å². The second-order valence-electron chi connectivity index (χ2n) is 4.45. The molecule has 2 unspecified atom stereocenters. The smallest absolute Gasteiger partial charge is 0.220 e. The number of hydrogen-bond acceptors (Lipinski definition) is 2. The van der Waals surface area contributed by atoms with Gasteiger partial charge < -0.3 is 10.6 Å². The van der Waals surface area contributed by atoms with Crippen LogP contribution < -0.4 is 10.6 Å². The van der Waals surface area contributed by atoms with E-state index < -0.39 is 0 Å². The van der Waals surface area contributed by atoms with Crippen molar-refractivity contribution < 1.29 is 9.18 Å². The third-order valence-electron chi connectivity index (χ3n) is 3.13. The van der Waals surface area contributed by atoms with Crippen LogP contribution in [0.5, 0.6) is 0 Å². The second-order valence-corrected chi connectivity index (χ2v) is 4.45. The highest BCUT2D eigenvalue weighted by Gasteiger charge is 2.21. The maximum Gasteiger partial charge on any atom is 0.220 e. The molecular formula is C13H17FN2O. The lowest BCUT2D eigenvalue weighted by Crippen LogP contribution is -2.36. The molecule has 4 heteroatoms. The molecule has 0 aromatic heterocycles. The Morgan fingerprint density at radius 3 is 2.94 bits per heavy atom. The summed E-state index contributed by atoms with van der Waals surface area (Å²) in [7, 11) is 0. The van der Waals surface area contributed by atoms with Crippen molar-refractivity contribution >= 4 is 5.91 Å². The number of nitrogens with one attached hydrogen (secondary N) is 2. The van der Waals surface area contributed by atoms with E-state index in [2.05, 4.69) is 10.6 Å². The van der Waals surface area contributed by atoms with Gasteiger partial charge in [0.15, 0.2) is 0 Å². The van der Waals surface area contributed by atoms with E-state index in [1.165, 1.54) is 6.07 Å². The lowest BCUT2D eigenvalue weighted by atomic mass is 10.1.